The van der Waals surface area contributed by atoms with E-state index in [1.165, 1.54) is 6.07 Å². The van der Waals surface area contributed by atoms with Crippen LogP contribution in [-0.2, 0) is 23.3 Å². The van der Waals surface area contributed by atoms with Crippen molar-refractivity contribution in [3.63, 3.8) is 0 Å². The quantitative estimate of drug-likeness (QED) is 0.565. The molecule has 34 heavy (non-hydrogen) atoms. The van der Waals surface area contributed by atoms with Gasteiger partial charge in [-0.05, 0) is 41.7 Å². The lowest BCUT2D eigenvalue weighted by molar-refractivity contribution is -0.128. The topological polar surface area (TPSA) is 61.4 Å². The van der Waals surface area contributed by atoms with E-state index in [-0.39, 0.29) is 18.5 Å². The van der Waals surface area contributed by atoms with E-state index in [1.807, 2.05) is 60.7 Å². The van der Waals surface area contributed by atoms with E-state index in [4.69, 9.17) is 0 Å². The van der Waals surface area contributed by atoms with E-state index in [1.54, 1.807) is 4.90 Å². The highest BCUT2D eigenvalue weighted by molar-refractivity contribution is 5.88. The summed E-state index contributed by atoms with van der Waals surface area (Å²) in [6, 6.07) is 22.6. The van der Waals surface area contributed by atoms with Gasteiger partial charge in [-0.25, -0.2) is 13.6 Å². The molecular formula is C27H27F2N3O2. The number of rotatable bonds is 6. The number of urea groups is 1. The number of halogens is 2. The van der Waals surface area contributed by atoms with Gasteiger partial charge in [-0.15, -0.1) is 0 Å². The number of likely N-dealkylation sites (tertiary alicyclic amines) is 1. The first-order valence-corrected chi connectivity index (χ1v) is 11.3. The molecule has 0 atom stereocenters. The normalized spacial score (nSPS) is 14.9. The number of carbonyl (C=O) groups excluding carboxylic acids is 2. The van der Waals surface area contributed by atoms with Gasteiger partial charge in [-0.1, -0.05) is 66.7 Å². The lowest BCUT2D eigenvalue weighted by atomic mass is 9.72. The Labute approximate surface area is 197 Å². The standard InChI is InChI=1S/C27H27F2N3O2/c28-23-12-11-21(17-24(23)29)19-30-25(33)27(22-9-5-2-6-10-22)13-15-32(16-14-27)26(34)31-18-20-7-3-1-4-8-20/h1-12,17H,13-16,18-19H2,(H,30,33)(H,31,34). The maximum Gasteiger partial charge on any atom is 0.317 e. The summed E-state index contributed by atoms with van der Waals surface area (Å²) in [5.41, 5.74) is 1.56. The van der Waals surface area contributed by atoms with Gasteiger partial charge in [0.15, 0.2) is 11.6 Å². The Bertz CT molecular complexity index is 1130. The monoisotopic (exact) mass is 463 g/mol. The first-order valence-electron chi connectivity index (χ1n) is 11.3. The molecule has 0 unspecified atom stereocenters. The molecule has 5 nitrogen and oxygen atoms in total. The van der Waals surface area contributed by atoms with Crippen LogP contribution >= 0.6 is 0 Å². The second-order valence-electron chi connectivity index (χ2n) is 8.51. The fourth-order valence-corrected chi connectivity index (χ4v) is 4.38. The summed E-state index contributed by atoms with van der Waals surface area (Å²) in [5.74, 6) is -2.05. The molecule has 0 saturated carbocycles. The zero-order valence-corrected chi connectivity index (χ0v) is 18.8. The van der Waals surface area contributed by atoms with E-state index >= 15 is 0 Å². The molecular weight excluding hydrogens is 436 g/mol. The van der Waals surface area contributed by atoms with Crippen molar-refractivity contribution in [1.82, 2.24) is 15.5 Å². The van der Waals surface area contributed by atoms with Crippen LogP contribution in [-0.4, -0.2) is 29.9 Å². The molecule has 3 aromatic carbocycles. The Kier molecular flexibility index (Phi) is 7.21. The van der Waals surface area contributed by atoms with Gasteiger partial charge in [0.25, 0.3) is 0 Å². The largest absolute Gasteiger partial charge is 0.351 e. The van der Waals surface area contributed by atoms with Crippen molar-refractivity contribution in [3.05, 3.63) is 107 Å². The number of carbonyl (C=O) groups is 2. The Morgan fingerprint density at radius 3 is 2.03 bits per heavy atom. The number of nitrogens with one attached hydrogen (secondary N) is 2. The Morgan fingerprint density at radius 1 is 0.765 bits per heavy atom. The third-order valence-electron chi connectivity index (χ3n) is 6.39. The van der Waals surface area contributed by atoms with Gasteiger partial charge in [-0.2, -0.15) is 0 Å². The highest BCUT2D eigenvalue weighted by atomic mass is 19.2. The summed E-state index contributed by atoms with van der Waals surface area (Å²) < 4.78 is 26.8. The van der Waals surface area contributed by atoms with Crippen LogP contribution in [0.3, 0.4) is 0 Å². The van der Waals surface area contributed by atoms with Crippen LogP contribution in [0.1, 0.15) is 29.5 Å². The number of nitrogens with zero attached hydrogens (tertiary/aromatic N) is 1. The predicted molar refractivity (Wildman–Crippen MR) is 126 cm³/mol. The van der Waals surface area contributed by atoms with Crippen LogP contribution in [0.4, 0.5) is 13.6 Å². The molecule has 2 N–H and O–H groups in total. The Morgan fingerprint density at radius 2 is 1.38 bits per heavy atom. The maximum absolute atomic E-state index is 13.6. The van der Waals surface area contributed by atoms with Crippen LogP contribution in [0.15, 0.2) is 78.9 Å². The summed E-state index contributed by atoms with van der Waals surface area (Å²) in [4.78, 5) is 27.9. The van der Waals surface area contributed by atoms with E-state index < -0.39 is 17.0 Å². The molecule has 3 aromatic rings. The minimum atomic E-state index is -0.945. The minimum Gasteiger partial charge on any atom is -0.351 e. The molecule has 0 radical (unpaired) electrons. The van der Waals surface area contributed by atoms with Crippen molar-refractivity contribution in [2.24, 2.45) is 0 Å². The van der Waals surface area contributed by atoms with Crippen molar-refractivity contribution in [3.8, 4) is 0 Å². The Hall–Kier alpha value is -3.74. The fourth-order valence-electron chi connectivity index (χ4n) is 4.38. The van der Waals surface area contributed by atoms with Gasteiger partial charge in [-0.3, -0.25) is 4.79 Å². The van der Waals surface area contributed by atoms with Gasteiger partial charge in [0, 0.05) is 26.2 Å². The van der Waals surface area contributed by atoms with Gasteiger partial charge in [0.2, 0.25) is 5.91 Å². The molecule has 1 aliphatic heterocycles. The molecule has 0 bridgehead atoms. The molecule has 0 aliphatic carbocycles. The van der Waals surface area contributed by atoms with E-state index in [0.717, 1.165) is 23.3 Å². The number of hydrogen-bond acceptors (Lipinski definition) is 2. The maximum atomic E-state index is 13.6. The molecule has 1 saturated heterocycles. The first-order chi connectivity index (χ1) is 16.5. The van der Waals surface area contributed by atoms with Crippen molar-refractivity contribution in [1.29, 1.82) is 0 Å². The van der Waals surface area contributed by atoms with Crippen LogP contribution < -0.4 is 10.6 Å². The summed E-state index contributed by atoms with van der Waals surface area (Å²) >= 11 is 0. The van der Waals surface area contributed by atoms with Crippen LogP contribution in [0.5, 0.6) is 0 Å². The van der Waals surface area contributed by atoms with E-state index in [9.17, 15) is 18.4 Å². The van der Waals surface area contributed by atoms with Gasteiger partial charge < -0.3 is 15.5 Å². The fraction of sp³-hybridized carbons (Fsp3) is 0.259. The number of piperidine rings is 1. The highest BCUT2D eigenvalue weighted by Crippen LogP contribution is 2.36. The summed E-state index contributed by atoms with van der Waals surface area (Å²) in [7, 11) is 0. The SMILES string of the molecule is O=C(NCc1ccccc1)N1CCC(C(=O)NCc2ccc(F)c(F)c2)(c2ccccc2)CC1. The molecule has 0 aromatic heterocycles. The molecule has 7 heteroatoms. The van der Waals surface area contributed by atoms with Crippen LogP contribution in [0.25, 0.3) is 0 Å². The second kappa shape index (κ2) is 10.5. The van der Waals surface area contributed by atoms with Crippen molar-refractivity contribution in [2.75, 3.05) is 13.1 Å². The summed E-state index contributed by atoms with van der Waals surface area (Å²) in [5, 5.41) is 5.84. The number of benzene rings is 3. The zero-order valence-electron chi connectivity index (χ0n) is 18.8. The Balaban J connectivity index is 1.43. The van der Waals surface area contributed by atoms with Gasteiger partial charge in [0.05, 0.1) is 5.41 Å². The lowest BCUT2D eigenvalue weighted by Gasteiger charge is -2.41. The highest BCUT2D eigenvalue weighted by Gasteiger charge is 2.43. The van der Waals surface area contributed by atoms with Crippen molar-refractivity contribution >= 4 is 11.9 Å². The van der Waals surface area contributed by atoms with Crippen molar-refractivity contribution < 1.29 is 18.4 Å². The predicted octanol–water partition coefficient (Wildman–Crippen LogP) is 4.52. The van der Waals surface area contributed by atoms with E-state index in [0.29, 0.717) is 38.0 Å². The lowest BCUT2D eigenvalue weighted by Crippen LogP contribution is -2.54. The van der Waals surface area contributed by atoms with Gasteiger partial charge in [0.1, 0.15) is 0 Å². The minimum absolute atomic E-state index is 0.0892. The molecule has 1 fully saturated rings. The van der Waals surface area contributed by atoms with Crippen molar-refractivity contribution in [2.45, 2.75) is 31.3 Å². The molecule has 176 valence electrons. The smallest absolute Gasteiger partial charge is 0.317 e. The summed E-state index contributed by atoms with van der Waals surface area (Å²) in [6.07, 6.45) is 0.915. The van der Waals surface area contributed by atoms with E-state index in [2.05, 4.69) is 10.6 Å². The summed E-state index contributed by atoms with van der Waals surface area (Å²) in [6.45, 7) is 1.38. The average molecular weight is 464 g/mol. The number of amides is 3. The second-order valence-corrected chi connectivity index (χ2v) is 8.51. The molecule has 3 amide bonds. The molecule has 1 aliphatic rings. The first kappa shape index (κ1) is 23.4. The zero-order chi connectivity index (χ0) is 24.0. The molecule has 4 rings (SSSR count). The molecule has 1 heterocycles. The number of hydrogen-bond donors (Lipinski definition) is 2. The van der Waals surface area contributed by atoms with Gasteiger partial charge >= 0.3 is 6.03 Å². The van der Waals surface area contributed by atoms with Crippen LogP contribution in [0.2, 0.25) is 0 Å². The third kappa shape index (κ3) is 5.25. The molecule has 0 spiro atoms. The average Bonchev–Trinajstić information content (AvgIpc) is 2.89. The van der Waals surface area contributed by atoms with Crippen LogP contribution in [0, 0.1) is 11.6 Å². The third-order valence-corrected chi connectivity index (χ3v) is 6.39.